The highest BCUT2D eigenvalue weighted by atomic mass is 16.5. The number of ether oxygens (including phenoxy) is 2. The van der Waals surface area contributed by atoms with Crippen molar-refractivity contribution in [1.29, 1.82) is 0 Å². The minimum Gasteiger partial charge on any atom is -0.376 e. The van der Waals surface area contributed by atoms with E-state index in [1.807, 2.05) is 36.4 Å². The molecule has 0 spiro atoms. The van der Waals surface area contributed by atoms with Gasteiger partial charge in [-0.05, 0) is 11.1 Å². The van der Waals surface area contributed by atoms with Crippen LogP contribution in [0.1, 0.15) is 37.8 Å². The summed E-state index contributed by atoms with van der Waals surface area (Å²) in [7, 11) is 0. The summed E-state index contributed by atoms with van der Waals surface area (Å²) in [4.78, 5) is 0. The van der Waals surface area contributed by atoms with E-state index in [0.717, 1.165) is 12.8 Å². The van der Waals surface area contributed by atoms with Gasteiger partial charge in [-0.2, -0.15) is 0 Å². The van der Waals surface area contributed by atoms with Crippen LogP contribution in [0, 0.1) is 17.3 Å². The van der Waals surface area contributed by atoms with Crippen molar-refractivity contribution < 1.29 is 9.47 Å². The van der Waals surface area contributed by atoms with Crippen LogP contribution in [-0.4, -0.2) is 13.2 Å². The molecule has 0 aliphatic rings. The molecule has 2 aromatic carbocycles. The first kappa shape index (κ1) is 19.2. The molecule has 0 atom stereocenters. The molecule has 0 bridgehead atoms. The van der Waals surface area contributed by atoms with Crippen molar-refractivity contribution in [2.45, 2.75) is 39.9 Å². The number of benzene rings is 2. The zero-order valence-electron chi connectivity index (χ0n) is 15.3. The minimum absolute atomic E-state index is 0.105. The lowest BCUT2D eigenvalue weighted by Gasteiger charge is -2.27. The van der Waals surface area contributed by atoms with Crippen LogP contribution in [0.4, 0.5) is 0 Å². The summed E-state index contributed by atoms with van der Waals surface area (Å²) in [6.07, 6.45) is 1.66. The summed E-state index contributed by atoms with van der Waals surface area (Å²) in [5.41, 5.74) is 2.27. The molecule has 2 nitrogen and oxygen atoms in total. The summed E-state index contributed by atoms with van der Waals surface area (Å²) in [6.45, 7) is 6.77. The number of hydrogen-bond acceptors (Lipinski definition) is 2. The van der Waals surface area contributed by atoms with E-state index in [-0.39, 0.29) is 5.41 Å². The molecule has 0 aliphatic heterocycles. The van der Waals surface area contributed by atoms with E-state index >= 15 is 0 Å². The molecule has 0 amide bonds. The van der Waals surface area contributed by atoms with E-state index in [1.165, 1.54) is 11.1 Å². The average Bonchev–Trinajstić information content (AvgIpc) is 2.64. The molecule has 0 radical (unpaired) electrons. The maximum Gasteiger partial charge on any atom is 0.0717 e. The van der Waals surface area contributed by atoms with Gasteiger partial charge in [0.05, 0.1) is 26.4 Å². The van der Waals surface area contributed by atoms with Gasteiger partial charge in [0.25, 0.3) is 0 Å². The summed E-state index contributed by atoms with van der Waals surface area (Å²) < 4.78 is 11.9. The van der Waals surface area contributed by atoms with Gasteiger partial charge >= 0.3 is 0 Å². The van der Waals surface area contributed by atoms with Gasteiger partial charge in [0.1, 0.15) is 0 Å². The lowest BCUT2D eigenvalue weighted by molar-refractivity contribution is -0.0211. The molecule has 0 unspecified atom stereocenters. The van der Waals surface area contributed by atoms with Crippen LogP contribution >= 0.6 is 0 Å². The van der Waals surface area contributed by atoms with Gasteiger partial charge in [-0.25, -0.2) is 0 Å². The standard InChI is InChI=1S/C23H28O2/c1-3-4-11-16-23(2,19-24-17-21-12-7-5-8-13-21)20-25-18-22-14-9-6-10-15-22/h5-10,12-15H,3,16-20H2,1-2H3. The van der Waals surface area contributed by atoms with Crippen LogP contribution in [0.5, 0.6) is 0 Å². The van der Waals surface area contributed by atoms with Gasteiger partial charge in [0.15, 0.2) is 0 Å². The van der Waals surface area contributed by atoms with E-state index < -0.39 is 0 Å². The third-order valence-electron chi connectivity index (χ3n) is 3.94. The number of rotatable bonds is 9. The molecular formula is C23H28O2. The summed E-state index contributed by atoms with van der Waals surface area (Å²) >= 11 is 0. The maximum atomic E-state index is 5.97. The SMILES string of the molecule is CCC#CCC(C)(COCc1ccccc1)COCc1ccccc1. The van der Waals surface area contributed by atoms with E-state index in [1.54, 1.807) is 0 Å². The minimum atomic E-state index is -0.105. The second-order valence-corrected chi connectivity index (χ2v) is 6.65. The van der Waals surface area contributed by atoms with Gasteiger partial charge in [-0.1, -0.05) is 74.5 Å². The fourth-order valence-electron chi connectivity index (χ4n) is 2.52. The predicted octanol–water partition coefficient (Wildman–Crippen LogP) is 5.23. The average molecular weight is 336 g/mol. The lowest BCUT2D eigenvalue weighted by atomic mass is 9.89. The van der Waals surface area contributed by atoms with E-state index in [0.29, 0.717) is 26.4 Å². The molecule has 0 aliphatic carbocycles. The highest BCUT2D eigenvalue weighted by Crippen LogP contribution is 2.23. The highest BCUT2D eigenvalue weighted by molar-refractivity contribution is 5.14. The first-order valence-electron chi connectivity index (χ1n) is 8.91. The van der Waals surface area contributed by atoms with Crippen LogP contribution in [-0.2, 0) is 22.7 Å². The molecule has 0 fully saturated rings. The molecule has 2 aromatic rings. The van der Waals surface area contributed by atoms with E-state index in [2.05, 4.69) is 50.0 Å². The molecule has 0 heterocycles. The lowest BCUT2D eigenvalue weighted by Crippen LogP contribution is -2.29. The Morgan fingerprint density at radius 3 is 1.68 bits per heavy atom. The zero-order chi connectivity index (χ0) is 17.8. The molecule has 2 rings (SSSR count). The Morgan fingerprint density at radius 2 is 1.24 bits per heavy atom. The Balaban J connectivity index is 1.85. The van der Waals surface area contributed by atoms with Gasteiger partial charge in [-0.15, -0.1) is 11.8 Å². The van der Waals surface area contributed by atoms with Gasteiger partial charge in [0.2, 0.25) is 0 Å². The van der Waals surface area contributed by atoms with Crippen molar-refractivity contribution in [3.05, 3.63) is 71.8 Å². The Morgan fingerprint density at radius 1 is 0.760 bits per heavy atom. The predicted molar refractivity (Wildman–Crippen MR) is 103 cm³/mol. The Kier molecular flexibility index (Phi) is 8.25. The molecular weight excluding hydrogens is 308 g/mol. The van der Waals surface area contributed by atoms with E-state index in [4.69, 9.17) is 9.47 Å². The van der Waals surface area contributed by atoms with Crippen LogP contribution in [0.15, 0.2) is 60.7 Å². The third kappa shape index (κ3) is 7.56. The quantitative estimate of drug-likeness (QED) is 0.584. The largest absolute Gasteiger partial charge is 0.376 e. The van der Waals surface area contributed by atoms with Gasteiger partial charge in [-0.3, -0.25) is 0 Å². The van der Waals surface area contributed by atoms with Gasteiger partial charge < -0.3 is 9.47 Å². The number of hydrogen-bond donors (Lipinski definition) is 0. The second kappa shape index (κ2) is 10.7. The Hall–Kier alpha value is -2.08. The normalized spacial score (nSPS) is 11.0. The summed E-state index contributed by atoms with van der Waals surface area (Å²) in [5.74, 6) is 6.42. The molecule has 0 saturated heterocycles. The third-order valence-corrected chi connectivity index (χ3v) is 3.94. The molecule has 132 valence electrons. The van der Waals surface area contributed by atoms with Crippen molar-refractivity contribution in [3.63, 3.8) is 0 Å². The van der Waals surface area contributed by atoms with Crippen LogP contribution in [0.2, 0.25) is 0 Å². The Bertz CT molecular complexity index is 607. The van der Waals surface area contributed by atoms with Crippen LogP contribution < -0.4 is 0 Å². The van der Waals surface area contributed by atoms with Crippen molar-refractivity contribution in [1.82, 2.24) is 0 Å². The van der Waals surface area contributed by atoms with Crippen LogP contribution in [0.3, 0.4) is 0 Å². The monoisotopic (exact) mass is 336 g/mol. The van der Waals surface area contributed by atoms with Crippen LogP contribution in [0.25, 0.3) is 0 Å². The zero-order valence-corrected chi connectivity index (χ0v) is 15.3. The fraction of sp³-hybridized carbons (Fsp3) is 0.391. The van der Waals surface area contributed by atoms with Crippen molar-refractivity contribution >= 4 is 0 Å². The maximum absolute atomic E-state index is 5.97. The molecule has 0 aromatic heterocycles. The fourth-order valence-corrected chi connectivity index (χ4v) is 2.52. The highest BCUT2D eigenvalue weighted by Gasteiger charge is 2.24. The molecule has 25 heavy (non-hydrogen) atoms. The van der Waals surface area contributed by atoms with Crippen molar-refractivity contribution in [2.75, 3.05) is 13.2 Å². The topological polar surface area (TPSA) is 18.5 Å². The first-order valence-corrected chi connectivity index (χ1v) is 8.91. The second-order valence-electron chi connectivity index (χ2n) is 6.65. The van der Waals surface area contributed by atoms with Gasteiger partial charge in [0, 0.05) is 18.3 Å². The van der Waals surface area contributed by atoms with E-state index in [9.17, 15) is 0 Å². The smallest absolute Gasteiger partial charge is 0.0717 e. The first-order chi connectivity index (χ1) is 12.2. The molecule has 0 saturated carbocycles. The molecule has 2 heteroatoms. The molecule has 0 N–H and O–H groups in total. The van der Waals surface area contributed by atoms with Crippen molar-refractivity contribution in [3.8, 4) is 11.8 Å². The summed E-state index contributed by atoms with van der Waals surface area (Å²) in [6, 6.07) is 20.5. The summed E-state index contributed by atoms with van der Waals surface area (Å²) in [5, 5.41) is 0. The Labute approximate surface area is 152 Å². The van der Waals surface area contributed by atoms with Crippen molar-refractivity contribution in [2.24, 2.45) is 5.41 Å².